The molecule has 0 fully saturated rings. The van der Waals surface area contributed by atoms with Gasteiger partial charge in [0.1, 0.15) is 30.4 Å². The summed E-state index contributed by atoms with van der Waals surface area (Å²) in [4.78, 5) is 33.1. The van der Waals surface area contributed by atoms with Crippen LogP contribution < -0.4 is 19.1 Å². The van der Waals surface area contributed by atoms with Gasteiger partial charge in [-0.25, -0.2) is 9.78 Å². The predicted octanol–water partition coefficient (Wildman–Crippen LogP) is 5.38. The van der Waals surface area contributed by atoms with Crippen molar-refractivity contribution < 1.29 is 28.5 Å². The van der Waals surface area contributed by atoms with Gasteiger partial charge in [0.15, 0.2) is 5.13 Å². The number of para-hydroxylation sites is 1. The number of likely N-dealkylation sites (N-methyl/N-ethyl adjacent to an activating group) is 1. The Morgan fingerprint density at radius 1 is 0.923 bits per heavy atom. The second kappa shape index (κ2) is 13.5. The van der Waals surface area contributed by atoms with Crippen molar-refractivity contribution in [2.75, 3.05) is 45.4 Å². The number of benzene rings is 3. The van der Waals surface area contributed by atoms with Gasteiger partial charge in [-0.2, -0.15) is 0 Å². The number of thiazole rings is 1. The third-order valence-electron chi connectivity index (χ3n) is 5.75. The van der Waals surface area contributed by atoms with E-state index in [4.69, 9.17) is 18.9 Å². The van der Waals surface area contributed by atoms with Crippen molar-refractivity contribution in [1.82, 2.24) is 9.88 Å². The molecule has 39 heavy (non-hydrogen) atoms. The van der Waals surface area contributed by atoms with Gasteiger partial charge in [0.25, 0.3) is 0 Å². The van der Waals surface area contributed by atoms with Gasteiger partial charge < -0.3 is 23.8 Å². The van der Waals surface area contributed by atoms with Crippen LogP contribution in [-0.4, -0.2) is 62.4 Å². The number of esters is 1. The standard InChI is InChI=1S/C29H31N3O6S/c1-4-36-27(33)20-32(29(34)38-24-15-13-22(35-3)14-16-24)19-21-9-11-23(12-10-21)37-18-17-31(2)28-30-25-7-5-6-8-26(25)39-28/h5-16H,4,17-20H2,1-3H3. The molecule has 10 heteroatoms. The van der Waals surface area contributed by atoms with Gasteiger partial charge in [-0.05, 0) is 61.0 Å². The lowest BCUT2D eigenvalue weighted by Crippen LogP contribution is -2.38. The Balaban J connectivity index is 1.32. The molecule has 1 amide bonds. The largest absolute Gasteiger partial charge is 0.497 e. The molecule has 4 aromatic rings. The quantitative estimate of drug-likeness (QED) is 0.218. The van der Waals surface area contributed by atoms with Crippen LogP contribution in [0.25, 0.3) is 10.2 Å². The molecule has 0 atom stereocenters. The fraction of sp³-hybridized carbons (Fsp3) is 0.276. The first-order valence-corrected chi connectivity index (χ1v) is 13.3. The number of hydrogen-bond donors (Lipinski definition) is 0. The molecule has 0 aliphatic carbocycles. The van der Waals surface area contributed by atoms with Crippen molar-refractivity contribution in [3.63, 3.8) is 0 Å². The zero-order valence-corrected chi connectivity index (χ0v) is 23.0. The molecule has 0 saturated heterocycles. The molecule has 1 aromatic heterocycles. The summed E-state index contributed by atoms with van der Waals surface area (Å²) in [5, 5.41) is 0.943. The monoisotopic (exact) mass is 549 g/mol. The van der Waals surface area contributed by atoms with Crippen molar-refractivity contribution in [3.8, 4) is 17.2 Å². The minimum atomic E-state index is -0.661. The molecular weight excluding hydrogens is 518 g/mol. The maximum Gasteiger partial charge on any atom is 0.416 e. The topological polar surface area (TPSA) is 90.4 Å². The van der Waals surface area contributed by atoms with Crippen LogP contribution in [0.5, 0.6) is 17.2 Å². The van der Waals surface area contributed by atoms with Gasteiger partial charge in [-0.1, -0.05) is 35.6 Å². The first-order valence-electron chi connectivity index (χ1n) is 12.5. The molecule has 0 bridgehead atoms. The Kier molecular flexibility index (Phi) is 9.58. The lowest BCUT2D eigenvalue weighted by molar-refractivity contribution is -0.144. The Labute approximate surface area is 231 Å². The highest BCUT2D eigenvalue weighted by molar-refractivity contribution is 7.22. The maximum absolute atomic E-state index is 12.9. The molecule has 0 N–H and O–H groups in total. The molecule has 4 rings (SSSR count). The lowest BCUT2D eigenvalue weighted by Gasteiger charge is -2.21. The SMILES string of the molecule is CCOC(=O)CN(Cc1ccc(OCCN(C)c2nc3ccccc3s2)cc1)C(=O)Oc1ccc(OC)cc1. The Bertz CT molecular complexity index is 1340. The van der Waals surface area contributed by atoms with Gasteiger partial charge in [0, 0.05) is 13.6 Å². The molecular formula is C29H31N3O6S. The van der Waals surface area contributed by atoms with E-state index < -0.39 is 12.1 Å². The Morgan fingerprint density at radius 3 is 2.31 bits per heavy atom. The highest BCUT2D eigenvalue weighted by Gasteiger charge is 2.21. The lowest BCUT2D eigenvalue weighted by atomic mass is 10.2. The number of amides is 1. The van der Waals surface area contributed by atoms with E-state index in [0.717, 1.165) is 20.9 Å². The summed E-state index contributed by atoms with van der Waals surface area (Å²) in [5.41, 5.74) is 1.80. The fourth-order valence-electron chi connectivity index (χ4n) is 3.69. The van der Waals surface area contributed by atoms with Crippen molar-refractivity contribution in [3.05, 3.63) is 78.4 Å². The van der Waals surface area contributed by atoms with Gasteiger partial charge in [-0.15, -0.1) is 0 Å². The van der Waals surface area contributed by atoms with Crippen LogP contribution in [0.15, 0.2) is 72.8 Å². The van der Waals surface area contributed by atoms with Crippen LogP contribution in [0.2, 0.25) is 0 Å². The predicted molar refractivity (Wildman–Crippen MR) is 151 cm³/mol. The zero-order valence-electron chi connectivity index (χ0n) is 22.2. The number of aromatic nitrogens is 1. The molecule has 0 unspecified atom stereocenters. The third-order valence-corrected chi connectivity index (χ3v) is 6.90. The summed E-state index contributed by atoms with van der Waals surface area (Å²) in [6.07, 6.45) is -0.661. The van der Waals surface area contributed by atoms with E-state index in [9.17, 15) is 9.59 Å². The number of ether oxygens (including phenoxy) is 4. The number of carbonyl (C=O) groups excluding carboxylic acids is 2. The van der Waals surface area contributed by atoms with Crippen LogP contribution in [0.3, 0.4) is 0 Å². The molecule has 204 valence electrons. The fourth-order valence-corrected chi connectivity index (χ4v) is 4.64. The molecule has 9 nitrogen and oxygen atoms in total. The molecule has 3 aromatic carbocycles. The average Bonchev–Trinajstić information content (AvgIpc) is 3.39. The van der Waals surface area contributed by atoms with E-state index in [1.165, 1.54) is 4.90 Å². The van der Waals surface area contributed by atoms with E-state index in [2.05, 4.69) is 16.0 Å². The molecule has 0 aliphatic rings. The van der Waals surface area contributed by atoms with Crippen molar-refractivity contribution >= 4 is 38.7 Å². The number of rotatable bonds is 12. The van der Waals surface area contributed by atoms with E-state index in [1.54, 1.807) is 49.6 Å². The Morgan fingerprint density at radius 2 is 1.62 bits per heavy atom. The summed E-state index contributed by atoms with van der Waals surface area (Å²) in [7, 11) is 3.55. The van der Waals surface area contributed by atoms with Gasteiger partial charge in [-0.3, -0.25) is 9.69 Å². The molecule has 1 heterocycles. The van der Waals surface area contributed by atoms with E-state index in [-0.39, 0.29) is 19.7 Å². The van der Waals surface area contributed by atoms with Crippen molar-refractivity contribution in [1.29, 1.82) is 0 Å². The van der Waals surface area contributed by atoms with Crippen LogP contribution in [0, 0.1) is 0 Å². The number of carbonyl (C=O) groups is 2. The van der Waals surface area contributed by atoms with E-state index in [1.807, 2.05) is 49.5 Å². The summed E-state index contributed by atoms with van der Waals surface area (Å²) in [5.74, 6) is 1.17. The molecule has 0 saturated carbocycles. The van der Waals surface area contributed by atoms with Crippen LogP contribution in [0.4, 0.5) is 9.93 Å². The van der Waals surface area contributed by atoms with E-state index in [0.29, 0.717) is 30.4 Å². The summed E-state index contributed by atoms with van der Waals surface area (Å²) in [6, 6.07) is 22.1. The summed E-state index contributed by atoms with van der Waals surface area (Å²) < 4.78 is 22.7. The highest BCUT2D eigenvalue weighted by Crippen LogP contribution is 2.27. The third kappa shape index (κ3) is 7.84. The second-order valence-electron chi connectivity index (χ2n) is 8.58. The minimum absolute atomic E-state index is 0.161. The number of hydrogen-bond acceptors (Lipinski definition) is 9. The number of anilines is 1. The number of nitrogens with zero attached hydrogens (tertiary/aromatic N) is 3. The first kappa shape index (κ1) is 27.7. The Hall–Kier alpha value is -4.31. The summed E-state index contributed by atoms with van der Waals surface area (Å²) >= 11 is 1.65. The van der Waals surface area contributed by atoms with Crippen molar-refractivity contribution in [2.45, 2.75) is 13.5 Å². The van der Waals surface area contributed by atoms with E-state index >= 15 is 0 Å². The second-order valence-corrected chi connectivity index (χ2v) is 9.59. The first-order chi connectivity index (χ1) is 18.9. The zero-order chi connectivity index (χ0) is 27.6. The van der Waals surface area contributed by atoms with Crippen LogP contribution in [-0.2, 0) is 16.1 Å². The molecule has 0 radical (unpaired) electrons. The van der Waals surface area contributed by atoms with Crippen molar-refractivity contribution in [2.24, 2.45) is 0 Å². The minimum Gasteiger partial charge on any atom is -0.497 e. The number of fused-ring (bicyclic) bond motifs is 1. The summed E-state index contributed by atoms with van der Waals surface area (Å²) in [6.45, 7) is 3.02. The normalized spacial score (nSPS) is 10.6. The van der Waals surface area contributed by atoms with Crippen LogP contribution >= 0.6 is 11.3 Å². The van der Waals surface area contributed by atoms with Gasteiger partial charge >= 0.3 is 12.1 Å². The smallest absolute Gasteiger partial charge is 0.416 e. The number of methoxy groups -OCH3 is 1. The average molecular weight is 550 g/mol. The van der Waals surface area contributed by atoms with Crippen LogP contribution in [0.1, 0.15) is 12.5 Å². The molecule has 0 aliphatic heterocycles. The molecule has 0 spiro atoms. The maximum atomic E-state index is 12.9. The highest BCUT2D eigenvalue weighted by atomic mass is 32.1. The van der Waals surface area contributed by atoms with Gasteiger partial charge in [0.05, 0.1) is 30.5 Å². The van der Waals surface area contributed by atoms with Gasteiger partial charge in [0.2, 0.25) is 0 Å².